The summed E-state index contributed by atoms with van der Waals surface area (Å²) >= 11 is 3.49. The molecule has 0 saturated heterocycles. The summed E-state index contributed by atoms with van der Waals surface area (Å²) in [4.78, 5) is 12.4. The Morgan fingerprint density at radius 1 is 1.44 bits per heavy atom. The zero-order valence-corrected chi connectivity index (χ0v) is 15.7. The van der Waals surface area contributed by atoms with E-state index in [1.165, 1.54) is 7.11 Å². The number of benzene rings is 1. The molecule has 3 rings (SSSR count). The van der Waals surface area contributed by atoms with E-state index in [4.69, 9.17) is 9.47 Å². The van der Waals surface area contributed by atoms with E-state index in [2.05, 4.69) is 36.8 Å². The standard InChI is InChI=1S/C16H18BrN5O3/c1-4-7-25-12-6-5-10(17)8-11(12)14-13(15(23)24-3)9(2)18-16-19-20-21-22(14)16/h5-6,8,14H,4,7H2,1-3H3,(H,18,19,21)/t14-/m0/s1. The minimum atomic E-state index is -0.553. The number of carbonyl (C=O) groups excluding carboxylic acids is 1. The maximum absolute atomic E-state index is 12.4. The first kappa shape index (κ1) is 17.4. The Morgan fingerprint density at radius 3 is 2.96 bits per heavy atom. The first-order valence-electron chi connectivity index (χ1n) is 7.83. The number of carbonyl (C=O) groups is 1. The first-order chi connectivity index (χ1) is 12.1. The highest BCUT2D eigenvalue weighted by Gasteiger charge is 2.36. The Labute approximate surface area is 153 Å². The molecule has 132 valence electrons. The highest BCUT2D eigenvalue weighted by Crippen LogP contribution is 2.40. The van der Waals surface area contributed by atoms with E-state index < -0.39 is 12.0 Å². The van der Waals surface area contributed by atoms with Crippen LogP contribution in [-0.2, 0) is 9.53 Å². The van der Waals surface area contributed by atoms with Gasteiger partial charge in [0, 0.05) is 15.7 Å². The van der Waals surface area contributed by atoms with Gasteiger partial charge >= 0.3 is 5.97 Å². The molecule has 0 unspecified atom stereocenters. The number of ether oxygens (including phenoxy) is 2. The van der Waals surface area contributed by atoms with Crippen LogP contribution in [0.2, 0.25) is 0 Å². The Hall–Kier alpha value is -2.42. The van der Waals surface area contributed by atoms with Crippen molar-refractivity contribution in [1.82, 2.24) is 20.2 Å². The molecule has 0 amide bonds. The smallest absolute Gasteiger partial charge is 0.338 e. The van der Waals surface area contributed by atoms with E-state index in [0.29, 0.717) is 29.6 Å². The predicted octanol–water partition coefficient (Wildman–Crippen LogP) is 2.69. The summed E-state index contributed by atoms with van der Waals surface area (Å²) in [7, 11) is 1.35. The number of nitrogens with one attached hydrogen (secondary N) is 1. The van der Waals surface area contributed by atoms with Crippen LogP contribution in [0.25, 0.3) is 0 Å². The van der Waals surface area contributed by atoms with Crippen molar-refractivity contribution < 1.29 is 14.3 Å². The number of nitrogens with zero attached hydrogens (tertiary/aromatic N) is 4. The van der Waals surface area contributed by atoms with Crippen LogP contribution in [-0.4, -0.2) is 39.9 Å². The topological polar surface area (TPSA) is 91.2 Å². The van der Waals surface area contributed by atoms with Crippen molar-refractivity contribution >= 4 is 27.8 Å². The number of hydrogen-bond donors (Lipinski definition) is 1. The highest BCUT2D eigenvalue weighted by atomic mass is 79.9. The van der Waals surface area contributed by atoms with Gasteiger partial charge in [-0.05, 0) is 42.0 Å². The minimum absolute atomic E-state index is 0.432. The number of halogens is 1. The van der Waals surface area contributed by atoms with Crippen LogP contribution in [0.4, 0.5) is 5.95 Å². The van der Waals surface area contributed by atoms with Gasteiger partial charge in [-0.1, -0.05) is 28.0 Å². The zero-order chi connectivity index (χ0) is 18.0. The highest BCUT2D eigenvalue weighted by molar-refractivity contribution is 9.10. The fraction of sp³-hybridized carbons (Fsp3) is 0.375. The van der Waals surface area contributed by atoms with Crippen LogP contribution in [0.5, 0.6) is 5.75 Å². The summed E-state index contributed by atoms with van der Waals surface area (Å²) in [5.41, 5.74) is 1.85. The van der Waals surface area contributed by atoms with E-state index in [9.17, 15) is 4.79 Å². The van der Waals surface area contributed by atoms with Gasteiger partial charge in [0.15, 0.2) is 0 Å². The SMILES string of the molecule is CCCOc1ccc(Br)cc1[C@H]1C(C(=O)OC)=C(C)Nc2nnnn21. The minimum Gasteiger partial charge on any atom is -0.493 e. The lowest BCUT2D eigenvalue weighted by molar-refractivity contribution is -0.136. The molecule has 2 aromatic rings. The number of hydrogen-bond acceptors (Lipinski definition) is 7. The molecule has 2 heterocycles. The van der Waals surface area contributed by atoms with Crippen molar-refractivity contribution in [3.05, 3.63) is 39.5 Å². The van der Waals surface area contributed by atoms with Gasteiger partial charge in [-0.25, -0.2) is 4.79 Å². The number of aromatic nitrogens is 4. The second-order valence-corrected chi connectivity index (χ2v) is 6.45. The van der Waals surface area contributed by atoms with Gasteiger partial charge < -0.3 is 14.8 Å². The molecule has 0 bridgehead atoms. The van der Waals surface area contributed by atoms with Gasteiger partial charge in [0.2, 0.25) is 5.95 Å². The van der Waals surface area contributed by atoms with Crippen LogP contribution in [0.3, 0.4) is 0 Å². The molecular weight excluding hydrogens is 390 g/mol. The molecule has 0 aliphatic carbocycles. The Kier molecular flexibility index (Phi) is 5.03. The van der Waals surface area contributed by atoms with Crippen molar-refractivity contribution in [2.75, 3.05) is 19.0 Å². The molecule has 1 aliphatic rings. The van der Waals surface area contributed by atoms with Gasteiger partial charge in [-0.3, -0.25) is 0 Å². The lowest BCUT2D eigenvalue weighted by Gasteiger charge is -2.28. The van der Waals surface area contributed by atoms with E-state index in [0.717, 1.165) is 16.5 Å². The van der Waals surface area contributed by atoms with E-state index in [-0.39, 0.29) is 0 Å². The van der Waals surface area contributed by atoms with Gasteiger partial charge in [0.1, 0.15) is 11.8 Å². The average molecular weight is 408 g/mol. The summed E-state index contributed by atoms with van der Waals surface area (Å²) in [5, 5.41) is 14.8. The van der Waals surface area contributed by atoms with E-state index >= 15 is 0 Å². The third kappa shape index (κ3) is 3.23. The maximum Gasteiger partial charge on any atom is 0.338 e. The molecule has 0 fully saturated rings. The van der Waals surface area contributed by atoms with Crippen LogP contribution in [0.15, 0.2) is 33.9 Å². The molecule has 1 aromatic heterocycles. The lowest BCUT2D eigenvalue weighted by Crippen LogP contribution is -2.29. The van der Waals surface area contributed by atoms with Crippen LogP contribution < -0.4 is 10.1 Å². The zero-order valence-electron chi connectivity index (χ0n) is 14.1. The maximum atomic E-state index is 12.4. The average Bonchev–Trinajstić information content (AvgIpc) is 3.06. The molecule has 1 N–H and O–H groups in total. The third-order valence-electron chi connectivity index (χ3n) is 3.85. The van der Waals surface area contributed by atoms with Crippen molar-refractivity contribution in [3.63, 3.8) is 0 Å². The second kappa shape index (κ2) is 7.22. The van der Waals surface area contributed by atoms with Crippen LogP contribution in [0, 0.1) is 0 Å². The Morgan fingerprint density at radius 2 is 2.24 bits per heavy atom. The van der Waals surface area contributed by atoms with E-state index in [1.807, 2.05) is 25.1 Å². The third-order valence-corrected chi connectivity index (χ3v) is 4.34. The first-order valence-corrected chi connectivity index (χ1v) is 8.62. The molecule has 0 radical (unpaired) electrons. The van der Waals surface area contributed by atoms with Gasteiger partial charge in [0.05, 0.1) is 19.3 Å². The van der Waals surface area contributed by atoms with E-state index in [1.54, 1.807) is 11.6 Å². The molecule has 0 saturated carbocycles. The predicted molar refractivity (Wildman–Crippen MR) is 94.2 cm³/mol. The number of fused-ring (bicyclic) bond motifs is 1. The fourth-order valence-corrected chi connectivity index (χ4v) is 3.13. The fourth-order valence-electron chi connectivity index (χ4n) is 2.75. The van der Waals surface area contributed by atoms with Crippen molar-refractivity contribution in [3.8, 4) is 5.75 Å². The summed E-state index contributed by atoms with van der Waals surface area (Å²) in [6, 6.07) is 5.11. The summed E-state index contributed by atoms with van der Waals surface area (Å²) in [5.74, 6) is 0.682. The Bertz CT molecular complexity index is 833. The van der Waals surface area contributed by atoms with Gasteiger partial charge in [-0.2, -0.15) is 4.68 Å². The van der Waals surface area contributed by atoms with Crippen molar-refractivity contribution in [2.45, 2.75) is 26.3 Å². The number of tetrazole rings is 1. The number of esters is 1. The number of allylic oxidation sites excluding steroid dienone is 1. The summed E-state index contributed by atoms with van der Waals surface area (Å²) in [6.07, 6.45) is 0.872. The molecule has 1 atom stereocenters. The number of anilines is 1. The largest absolute Gasteiger partial charge is 0.493 e. The van der Waals surface area contributed by atoms with Crippen LogP contribution >= 0.6 is 15.9 Å². The molecule has 0 spiro atoms. The summed E-state index contributed by atoms with van der Waals surface area (Å²) < 4.78 is 13.3. The molecule has 25 heavy (non-hydrogen) atoms. The normalized spacial score (nSPS) is 16.2. The molecule has 8 nitrogen and oxygen atoms in total. The molecule has 1 aliphatic heterocycles. The summed E-state index contributed by atoms with van der Waals surface area (Å²) in [6.45, 7) is 4.40. The van der Waals surface area contributed by atoms with Crippen molar-refractivity contribution in [1.29, 1.82) is 0 Å². The van der Waals surface area contributed by atoms with Crippen LogP contribution in [0.1, 0.15) is 31.9 Å². The molecule has 1 aromatic carbocycles. The number of rotatable bonds is 5. The Balaban J connectivity index is 2.19. The van der Waals surface area contributed by atoms with Gasteiger partial charge in [-0.15, -0.1) is 0 Å². The second-order valence-electron chi connectivity index (χ2n) is 5.54. The molecular formula is C16H18BrN5O3. The lowest BCUT2D eigenvalue weighted by atomic mass is 9.95. The quantitative estimate of drug-likeness (QED) is 0.761. The monoisotopic (exact) mass is 407 g/mol. The molecule has 9 heteroatoms. The number of methoxy groups -OCH3 is 1. The van der Waals surface area contributed by atoms with Crippen molar-refractivity contribution in [2.24, 2.45) is 0 Å². The van der Waals surface area contributed by atoms with Gasteiger partial charge in [0.25, 0.3) is 0 Å².